The summed E-state index contributed by atoms with van der Waals surface area (Å²) >= 11 is 0. The second-order valence-electron chi connectivity index (χ2n) is 5.29. The number of phenolic OH excluding ortho intramolecular Hbond substituents is 2. The molecule has 0 heterocycles. The first-order valence-corrected chi connectivity index (χ1v) is 6.47. The van der Waals surface area contributed by atoms with Crippen LogP contribution in [0.1, 0.15) is 33.4 Å². The molecule has 2 N–H and O–H groups in total. The van der Waals surface area contributed by atoms with Crippen molar-refractivity contribution in [2.45, 2.75) is 34.1 Å². The van der Waals surface area contributed by atoms with Crippen LogP contribution in [0.4, 0.5) is 0 Å². The van der Waals surface area contributed by atoms with E-state index >= 15 is 0 Å². The van der Waals surface area contributed by atoms with E-state index in [-0.39, 0.29) is 0 Å². The molecule has 0 aliphatic carbocycles. The van der Waals surface area contributed by atoms with Crippen molar-refractivity contribution in [3.63, 3.8) is 0 Å². The first kappa shape index (κ1) is 13.5. The Morgan fingerprint density at radius 1 is 0.789 bits per heavy atom. The molecule has 0 aliphatic heterocycles. The fourth-order valence-corrected chi connectivity index (χ4v) is 2.45. The molecule has 0 saturated heterocycles. The number of aryl methyl sites for hydroxylation is 4. The second kappa shape index (κ2) is 4.96. The van der Waals surface area contributed by atoms with Crippen molar-refractivity contribution in [1.29, 1.82) is 0 Å². The third kappa shape index (κ3) is 2.58. The van der Waals surface area contributed by atoms with Gasteiger partial charge in [0.2, 0.25) is 0 Å². The zero-order chi connectivity index (χ0) is 14.2. The van der Waals surface area contributed by atoms with E-state index in [4.69, 9.17) is 0 Å². The Hall–Kier alpha value is -1.96. The normalized spacial score (nSPS) is 10.7. The average molecular weight is 256 g/mol. The van der Waals surface area contributed by atoms with Crippen molar-refractivity contribution < 1.29 is 10.2 Å². The van der Waals surface area contributed by atoms with Crippen molar-refractivity contribution in [1.82, 2.24) is 0 Å². The summed E-state index contributed by atoms with van der Waals surface area (Å²) in [6.45, 7) is 7.78. The Morgan fingerprint density at radius 2 is 1.42 bits per heavy atom. The van der Waals surface area contributed by atoms with E-state index in [1.54, 1.807) is 0 Å². The van der Waals surface area contributed by atoms with E-state index in [1.807, 2.05) is 52.0 Å². The van der Waals surface area contributed by atoms with Crippen LogP contribution < -0.4 is 0 Å². The Morgan fingerprint density at radius 3 is 2.11 bits per heavy atom. The molecule has 0 spiro atoms. The van der Waals surface area contributed by atoms with Crippen LogP contribution in [0.5, 0.6) is 11.5 Å². The number of hydrogen-bond donors (Lipinski definition) is 2. The van der Waals surface area contributed by atoms with Crippen molar-refractivity contribution in [2.24, 2.45) is 0 Å². The smallest absolute Gasteiger partial charge is 0.122 e. The number of rotatable bonds is 2. The zero-order valence-electron chi connectivity index (χ0n) is 11.9. The van der Waals surface area contributed by atoms with Crippen LogP contribution >= 0.6 is 0 Å². The lowest BCUT2D eigenvalue weighted by molar-refractivity contribution is 0.458. The third-order valence-corrected chi connectivity index (χ3v) is 3.61. The maximum Gasteiger partial charge on any atom is 0.122 e. The molecule has 0 radical (unpaired) electrons. The molecule has 0 amide bonds. The molecular formula is C17H20O2. The maximum absolute atomic E-state index is 10.2. The van der Waals surface area contributed by atoms with Gasteiger partial charge in [-0.2, -0.15) is 0 Å². The van der Waals surface area contributed by atoms with E-state index in [0.717, 1.165) is 33.4 Å². The summed E-state index contributed by atoms with van der Waals surface area (Å²) in [6, 6.07) is 7.85. The molecule has 2 heteroatoms. The molecule has 0 saturated carbocycles. The predicted molar refractivity (Wildman–Crippen MR) is 78.0 cm³/mol. The minimum atomic E-state index is 0.325. The first-order chi connectivity index (χ1) is 8.90. The summed E-state index contributed by atoms with van der Waals surface area (Å²) in [5.41, 5.74) is 5.66. The SMILES string of the molecule is Cc1cc(C)c(O)c(Cc2c(C)ccc(C)c2O)c1. The Kier molecular flexibility index (Phi) is 3.52. The molecule has 100 valence electrons. The lowest BCUT2D eigenvalue weighted by Gasteiger charge is -2.13. The van der Waals surface area contributed by atoms with E-state index in [0.29, 0.717) is 17.9 Å². The maximum atomic E-state index is 10.2. The molecule has 0 fully saturated rings. The van der Waals surface area contributed by atoms with Gasteiger partial charge < -0.3 is 10.2 Å². The predicted octanol–water partition coefficient (Wildman–Crippen LogP) is 3.92. The van der Waals surface area contributed by atoms with Crippen LogP contribution in [0, 0.1) is 27.7 Å². The third-order valence-electron chi connectivity index (χ3n) is 3.61. The van der Waals surface area contributed by atoms with E-state index in [2.05, 4.69) is 0 Å². The van der Waals surface area contributed by atoms with Crippen LogP contribution in [0.25, 0.3) is 0 Å². The van der Waals surface area contributed by atoms with Crippen LogP contribution in [0.3, 0.4) is 0 Å². The molecule has 0 atom stereocenters. The Balaban J connectivity index is 2.51. The fourth-order valence-electron chi connectivity index (χ4n) is 2.45. The van der Waals surface area contributed by atoms with Gasteiger partial charge in [-0.05, 0) is 49.9 Å². The molecule has 0 aliphatic rings. The molecule has 2 aromatic rings. The highest BCUT2D eigenvalue weighted by Gasteiger charge is 2.12. The number of phenols is 2. The minimum absolute atomic E-state index is 0.325. The summed E-state index contributed by atoms with van der Waals surface area (Å²) < 4.78 is 0. The largest absolute Gasteiger partial charge is 0.507 e. The molecule has 2 aromatic carbocycles. The van der Waals surface area contributed by atoms with Crippen LogP contribution in [-0.2, 0) is 6.42 Å². The van der Waals surface area contributed by atoms with Gasteiger partial charge in [-0.3, -0.25) is 0 Å². The molecule has 2 rings (SSSR count). The summed E-state index contributed by atoms with van der Waals surface area (Å²) in [6.07, 6.45) is 0.549. The standard InChI is InChI=1S/C17H20O2/c1-10-7-13(4)16(18)14(8-10)9-15-11(2)5-6-12(3)17(15)19/h5-8,18-19H,9H2,1-4H3. The number of aromatic hydroxyl groups is 2. The van der Waals surface area contributed by atoms with Gasteiger partial charge in [-0.25, -0.2) is 0 Å². The van der Waals surface area contributed by atoms with Gasteiger partial charge in [0.1, 0.15) is 11.5 Å². The lowest BCUT2D eigenvalue weighted by Crippen LogP contribution is -1.96. The molecule has 2 nitrogen and oxygen atoms in total. The van der Waals surface area contributed by atoms with Crippen molar-refractivity contribution in [3.8, 4) is 11.5 Å². The van der Waals surface area contributed by atoms with Gasteiger partial charge in [0, 0.05) is 12.0 Å². The highest BCUT2D eigenvalue weighted by atomic mass is 16.3. The molecule has 19 heavy (non-hydrogen) atoms. The van der Waals surface area contributed by atoms with Gasteiger partial charge in [0.05, 0.1) is 0 Å². The Bertz CT molecular complexity index is 628. The van der Waals surface area contributed by atoms with E-state index in [1.165, 1.54) is 0 Å². The summed E-state index contributed by atoms with van der Waals surface area (Å²) in [5, 5.41) is 20.3. The quantitative estimate of drug-likeness (QED) is 0.855. The van der Waals surface area contributed by atoms with Crippen molar-refractivity contribution >= 4 is 0 Å². The average Bonchev–Trinajstić information content (AvgIpc) is 2.35. The summed E-state index contributed by atoms with van der Waals surface area (Å²) in [4.78, 5) is 0. The topological polar surface area (TPSA) is 40.5 Å². The van der Waals surface area contributed by atoms with Gasteiger partial charge in [0.15, 0.2) is 0 Å². The number of hydrogen-bond acceptors (Lipinski definition) is 2. The van der Waals surface area contributed by atoms with Crippen LogP contribution in [-0.4, -0.2) is 10.2 Å². The molecule has 0 aromatic heterocycles. The second-order valence-corrected chi connectivity index (χ2v) is 5.29. The molecule has 0 bridgehead atoms. The summed E-state index contributed by atoms with van der Waals surface area (Å²) in [5.74, 6) is 0.657. The van der Waals surface area contributed by atoms with E-state index < -0.39 is 0 Å². The highest BCUT2D eigenvalue weighted by molar-refractivity contribution is 5.51. The summed E-state index contributed by atoms with van der Waals surface area (Å²) in [7, 11) is 0. The van der Waals surface area contributed by atoms with Crippen molar-refractivity contribution in [3.05, 3.63) is 57.6 Å². The van der Waals surface area contributed by atoms with Crippen LogP contribution in [0.15, 0.2) is 24.3 Å². The lowest BCUT2D eigenvalue weighted by atomic mass is 9.94. The van der Waals surface area contributed by atoms with Gasteiger partial charge in [0.25, 0.3) is 0 Å². The van der Waals surface area contributed by atoms with Crippen molar-refractivity contribution in [2.75, 3.05) is 0 Å². The number of benzene rings is 2. The molecular weight excluding hydrogens is 236 g/mol. The fraction of sp³-hybridized carbons (Fsp3) is 0.294. The minimum Gasteiger partial charge on any atom is -0.507 e. The Labute approximate surface area is 114 Å². The van der Waals surface area contributed by atoms with Gasteiger partial charge >= 0.3 is 0 Å². The van der Waals surface area contributed by atoms with Gasteiger partial charge in [-0.15, -0.1) is 0 Å². The van der Waals surface area contributed by atoms with Gasteiger partial charge in [-0.1, -0.05) is 29.8 Å². The highest BCUT2D eigenvalue weighted by Crippen LogP contribution is 2.32. The zero-order valence-corrected chi connectivity index (χ0v) is 11.9. The van der Waals surface area contributed by atoms with E-state index in [9.17, 15) is 10.2 Å². The molecule has 0 unspecified atom stereocenters. The first-order valence-electron chi connectivity index (χ1n) is 6.47. The van der Waals surface area contributed by atoms with Crippen LogP contribution in [0.2, 0.25) is 0 Å². The monoisotopic (exact) mass is 256 g/mol.